The summed E-state index contributed by atoms with van der Waals surface area (Å²) in [5, 5.41) is 11.5. The van der Waals surface area contributed by atoms with Crippen molar-refractivity contribution in [3.63, 3.8) is 0 Å². The van der Waals surface area contributed by atoms with Crippen molar-refractivity contribution >= 4 is 35.2 Å². The third kappa shape index (κ3) is 3.74. The molecule has 6 nitrogen and oxygen atoms in total. The molecule has 0 spiro atoms. The van der Waals surface area contributed by atoms with Crippen LogP contribution in [0.25, 0.3) is 0 Å². The van der Waals surface area contributed by atoms with Crippen molar-refractivity contribution in [3.05, 3.63) is 29.8 Å². The largest absolute Gasteiger partial charge is 0.481 e. The monoisotopic (exact) mass is 294 g/mol. The minimum atomic E-state index is -0.960. The van der Waals surface area contributed by atoms with Gasteiger partial charge in [0.2, 0.25) is 11.8 Å². The minimum Gasteiger partial charge on any atom is -0.481 e. The number of nitrogens with one attached hydrogen (secondary N) is 1. The van der Waals surface area contributed by atoms with Crippen LogP contribution in [0.3, 0.4) is 0 Å². The summed E-state index contributed by atoms with van der Waals surface area (Å²) in [5.74, 6) is -0.410. The third-order valence-electron chi connectivity index (χ3n) is 2.79. The van der Waals surface area contributed by atoms with Gasteiger partial charge in [0, 0.05) is 5.69 Å². The van der Waals surface area contributed by atoms with Gasteiger partial charge in [-0.2, -0.15) is 0 Å². The number of aliphatic carboxylic acids is 1. The van der Waals surface area contributed by atoms with Gasteiger partial charge in [0.05, 0.1) is 18.1 Å². The molecule has 2 N–H and O–H groups in total. The van der Waals surface area contributed by atoms with Gasteiger partial charge in [-0.15, -0.1) is 11.8 Å². The van der Waals surface area contributed by atoms with E-state index in [-0.39, 0.29) is 24.8 Å². The maximum Gasteiger partial charge on any atom is 0.307 e. The molecule has 0 aromatic heterocycles. The van der Waals surface area contributed by atoms with E-state index >= 15 is 0 Å². The molecule has 2 amide bonds. The molecule has 1 aliphatic heterocycles. The maximum atomic E-state index is 11.9. The number of carboxylic acid groups (broad SMARTS) is 1. The number of nitrogens with zero attached hydrogens (tertiary/aromatic N) is 1. The molecule has 106 valence electrons. The van der Waals surface area contributed by atoms with Gasteiger partial charge >= 0.3 is 5.97 Å². The number of para-hydroxylation sites is 1. The van der Waals surface area contributed by atoms with E-state index in [1.165, 1.54) is 16.7 Å². The summed E-state index contributed by atoms with van der Waals surface area (Å²) in [6.07, 6.45) is -0.158. The number of carbonyl (C=O) groups is 3. The number of carbonyl (C=O) groups excluding carboxylic acids is 2. The highest BCUT2D eigenvalue weighted by atomic mass is 32.2. The van der Waals surface area contributed by atoms with Crippen molar-refractivity contribution < 1.29 is 19.5 Å². The van der Waals surface area contributed by atoms with Crippen LogP contribution in [0.4, 0.5) is 5.69 Å². The summed E-state index contributed by atoms with van der Waals surface area (Å²) in [5.41, 5.74) is 1.01. The van der Waals surface area contributed by atoms with E-state index < -0.39 is 5.97 Å². The summed E-state index contributed by atoms with van der Waals surface area (Å²) in [7, 11) is 0. The lowest BCUT2D eigenvalue weighted by Crippen LogP contribution is -2.34. The predicted molar refractivity (Wildman–Crippen MR) is 75.4 cm³/mol. The summed E-state index contributed by atoms with van der Waals surface area (Å²) in [6, 6.07) is 6.74. The fourth-order valence-electron chi connectivity index (χ4n) is 1.86. The molecule has 0 radical (unpaired) electrons. The van der Waals surface area contributed by atoms with E-state index in [1.807, 2.05) is 0 Å². The summed E-state index contributed by atoms with van der Waals surface area (Å²) < 4.78 is 0. The second-order valence-electron chi connectivity index (χ2n) is 4.35. The van der Waals surface area contributed by atoms with Gasteiger partial charge in [0.25, 0.3) is 0 Å². The van der Waals surface area contributed by atoms with E-state index in [2.05, 4.69) is 5.32 Å². The highest BCUT2D eigenvalue weighted by molar-refractivity contribution is 8.00. The molecule has 1 aliphatic rings. The molecule has 2 rings (SSSR count). The molecule has 1 aromatic rings. The minimum absolute atomic E-state index is 0.00671. The second-order valence-corrected chi connectivity index (χ2v) is 5.30. The number of anilines is 1. The lowest BCUT2D eigenvalue weighted by Gasteiger charge is -2.15. The van der Waals surface area contributed by atoms with E-state index in [0.717, 1.165) is 0 Å². The predicted octanol–water partition coefficient (Wildman–Crippen LogP) is 0.785. The Bertz CT molecular complexity index is 547. The van der Waals surface area contributed by atoms with Crippen LogP contribution in [0.1, 0.15) is 5.56 Å². The summed E-state index contributed by atoms with van der Waals surface area (Å²) in [4.78, 5) is 35.5. The third-order valence-corrected chi connectivity index (χ3v) is 3.74. The van der Waals surface area contributed by atoms with Gasteiger partial charge in [-0.25, -0.2) is 0 Å². The molecule has 1 fully saturated rings. The van der Waals surface area contributed by atoms with Gasteiger partial charge in [0.1, 0.15) is 6.54 Å². The number of benzene rings is 1. The quantitative estimate of drug-likeness (QED) is 0.838. The molecular weight excluding hydrogens is 280 g/mol. The molecule has 0 unspecified atom stereocenters. The average Bonchev–Trinajstić information content (AvgIpc) is 2.77. The molecule has 1 saturated heterocycles. The van der Waals surface area contributed by atoms with Gasteiger partial charge in [-0.3, -0.25) is 14.4 Å². The number of thioether (sulfide) groups is 1. The molecule has 0 bridgehead atoms. The van der Waals surface area contributed by atoms with Gasteiger partial charge in [-0.05, 0) is 11.6 Å². The molecule has 0 atom stereocenters. The Kier molecular flexibility index (Phi) is 4.62. The van der Waals surface area contributed by atoms with Crippen molar-refractivity contribution in [2.75, 3.05) is 23.5 Å². The highest BCUT2D eigenvalue weighted by Crippen LogP contribution is 2.17. The second kappa shape index (κ2) is 6.42. The highest BCUT2D eigenvalue weighted by Gasteiger charge is 2.23. The van der Waals surface area contributed by atoms with Crippen LogP contribution < -0.4 is 5.32 Å². The first-order chi connectivity index (χ1) is 9.56. The van der Waals surface area contributed by atoms with Crippen molar-refractivity contribution in [2.45, 2.75) is 6.42 Å². The molecular formula is C13H14N2O4S. The zero-order chi connectivity index (χ0) is 14.5. The topological polar surface area (TPSA) is 86.7 Å². The number of carboxylic acids is 1. The van der Waals surface area contributed by atoms with Gasteiger partial charge < -0.3 is 15.3 Å². The number of hydrogen-bond acceptors (Lipinski definition) is 4. The molecule has 0 saturated carbocycles. The Morgan fingerprint density at radius 1 is 1.35 bits per heavy atom. The molecule has 7 heteroatoms. The number of hydrogen-bond donors (Lipinski definition) is 2. The standard InChI is InChI=1S/C13H14N2O4S/c16-11(6-15-8-20-7-12(15)17)14-10-4-2-1-3-9(10)5-13(18)19/h1-4H,5-8H2,(H,14,16)(H,18,19). The molecule has 1 aromatic carbocycles. The SMILES string of the molecule is O=C(O)Cc1ccccc1NC(=O)CN1CSCC1=O. The Balaban J connectivity index is 2.00. The fourth-order valence-corrected chi connectivity index (χ4v) is 2.77. The van der Waals surface area contributed by atoms with E-state index in [9.17, 15) is 14.4 Å². The summed E-state index contributed by atoms with van der Waals surface area (Å²) >= 11 is 1.47. The van der Waals surface area contributed by atoms with Crippen LogP contribution in [0.5, 0.6) is 0 Å². The van der Waals surface area contributed by atoms with Crippen molar-refractivity contribution in [3.8, 4) is 0 Å². The fraction of sp³-hybridized carbons (Fsp3) is 0.308. The molecule has 20 heavy (non-hydrogen) atoms. The summed E-state index contributed by atoms with van der Waals surface area (Å²) in [6.45, 7) is -0.00671. The van der Waals surface area contributed by atoms with Crippen LogP contribution >= 0.6 is 11.8 Å². The lowest BCUT2D eigenvalue weighted by molar-refractivity contribution is -0.136. The first kappa shape index (κ1) is 14.4. The zero-order valence-corrected chi connectivity index (χ0v) is 11.5. The van der Waals surface area contributed by atoms with Gasteiger partial charge in [0.15, 0.2) is 0 Å². The van der Waals surface area contributed by atoms with E-state index in [0.29, 0.717) is 22.9 Å². The van der Waals surface area contributed by atoms with Crippen molar-refractivity contribution in [1.29, 1.82) is 0 Å². The van der Waals surface area contributed by atoms with E-state index in [1.54, 1.807) is 24.3 Å². The average molecular weight is 294 g/mol. The van der Waals surface area contributed by atoms with Gasteiger partial charge in [-0.1, -0.05) is 18.2 Å². The van der Waals surface area contributed by atoms with Crippen LogP contribution in [-0.4, -0.2) is 46.0 Å². The van der Waals surface area contributed by atoms with Crippen LogP contribution in [0.2, 0.25) is 0 Å². The van der Waals surface area contributed by atoms with Crippen molar-refractivity contribution in [2.24, 2.45) is 0 Å². The zero-order valence-electron chi connectivity index (χ0n) is 10.7. The normalized spacial score (nSPS) is 14.4. The van der Waals surface area contributed by atoms with Crippen molar-refractivity contribution in [1.82, 2.24) is 4.90 Å². The van der Waals surface area contributed by atoms with E-state index in [4.69, 9.17) is 5.11 Å². The van der Waals surface area contributed by atoms with Crippen LogP contribution in [0.15, 0.2) is 24.3 Å². The Labute approximate surface area is 120 Å². The maximum absolute atomic E-state index is 11.9. The molecule has 1 heterocycles. The first-order valence-corrected chi connectivity index (χ1v) is 7.17. The van der Waals surface area contributed by atoms with Crippen LogP contribution in [-0.2, 0) is 20.8 Å². The Hall–Kier alpha value is -2.02. The number of rotatable bonds is 5. The first-order valence-electron chi connectivity index (χ1n) is 6.01. The molecule has 0 aliphatic carbocycles. The number of amides is 2. The van der Waals surface area contributed by atoms with Crippen LogP contribution in [0, 0.1) is 0 Å². The smallest absolute Gasteiger partial charge is 0.307 e. The Morgan fingerprint density at radius 2 is 2.10 bits per heavy atom. The lowest BCUT2D eigenvalue weighted by atomic mass is 10.1. The Morgan fingerprint density at radius 3 is 2.75 bits per heavy atom.